The van der Waals surface area contributed by atoms with Crippen molar-refractivity contribution in [3.63, 3.8) is 0 Å². The first-order chi connectivity index (χ1) is 7.51. The molecule has 4 nitrogen and oxygen atoms in total. The molecular weight excluding hydrogens is 294 g/mol. The van der Waals surface area contributed by atoms with Gasteiger partial charge in [0.25, 0.3) is 0 Å². The monoisotopic (exact) mass is 307 g/mol. The van der Waals surface area contributed by atoms with Gasteiger partial charge in [0, 0.05) is 11.0 Å². The van der Waals surface area contributed by atoms with Gasteiger partial charge >= 0.3 is 0 Å². The van der Waals surface area contributed by atoms with Crippen molar-refractivity contribution in [3.8, 4) is 5.75 Å². The van der Waals surface area contributed by atoms with Gasteiger partial charge in [0.15, 0.2) is 0 Å². The molecular formula is C10H14BrNO3S. The van der Waals surface area contributed by atoms with E-state index in [1.54, 1.807) is 19.1 Å². The molecule has 0 aliphatic rings. The van der Waals surface area contributed by atoms with Crippen molar-refractivity contribution in [3.05, 3.63) is 22.7 Å². The lowest BCUT2D eigenvalue weighted by Gasteiger charge is -2.11. The number of hydrogen-bond donors (Lipinski definition) is 1. The molecule has 0 aromatic heterocycles. The highest BCUT2D eigenvalue weighted by atomic mass is 79.9. The predicted molar refractivity (Wildman–Crippen MR) is 66.2 cm³/mol. The Labute approximate surface area is 104 Å². The average molecular weight is 308 g/mol. The van der Waals surface area contributed by atoms with E-state index >= 15 is 0 Å². The zero-order chi connectivity index (χ0) is 12.2. The van der Waals surface area contributed by atoms with E-state index in [-0.39, 0.29) is 4.90 Å². The fraction of sp³-hybridized carbons (Fsp3) is 0.400. The molecule has 1 N–H and O–H groups in total. The molecule has 16 heavy (non-hydrogen) atoms. The van der Waals surface area contributed by atoms with E-state index in [1.165, 1.54) is 6.07 Å². The predicted octanol–water partition coefficient (Wildman–Crippen LogP) is 2.15. The Morgan fingerprint density at radius 1 is 1.38 bits per heavy atom. The summed E-state index contributed by atoms with van der Waals surface area (Å²) < 4.78 is 32.2. The van der Waals surface area contributed by atoms with Gasteiger partial charge in [0.05, 0.1) is 6.61 Å². The molecule has 0 unspecified atom stereocenters. The van der Waals surface area contributed by atoms with E-state index in [0.29, 0.717) is 23.4 Å². The van der Waals surface area contributed by atoms with Gasteiger partial charge in [-0.2, -0.15) is 0 Å². The van der Waals surface area contributed by atoms with Crippen molar-refractivity contribution in [2.75, 3.05) is 13.2 Å². The lowest BCUT2D eigenvalue weighted by molar-refractivity contribution is 0.331. The van der Waals surface area contributed by atoms with Crippen LogP contribution in [0.3, 0.4) is 0 Å². The fourth-order valence-electron chi connectivity index (χ4n) is 1.23. The van der Waals surface area contributed by atoms with E-state index in [9.17, 15) is 8.42 Å². The number of nitrogens with one attached hydrogen (secondary N) is 1. The first-order valence-corrected chi connectivity index (χ1v) is 7.21. The van der Waals surface area contributed by atoms with Crippen molar-refractivity contribution in [1.82, 2.24) is 4.72 Å². The third kappa shape index (κ3) is 3.20. The van der Waals surface area contributed by atoms with Crippen LogP contribution in [0.1, 0.15) is 13.8 Å². The molecule has 0 atom stereocenters. The summed E-state index contributed by atoms with van der Waals surface area (Å²) in [6.45, 7) is 4.32. The van der Waals surface area contributed by atoms with Gasteiger partial charge in [-0.05, 0) is 25.1 Å². The maximum absolute atomic E-state index is 11.9. The lowest BCUT2D eigenvalue weighted by atomic mass is 10.3. The molecule has 0 saturated heterocycles. The smallest absolute Gasteiger partial charge is 0.244 e. The third-order valence-corrected chi connectivity index (χ3v) is 3.89. The third-order valence-electron chi connectivity index (χ3n) is 1.83. The van der Waals surface area contributed by atoms with Crippen molar-refractivity contribution in [2.45, 2.75) is 18.7 Å². The number of ether oxygens (including phenoxy) is 1. The Hall–Kier alpha value is -0.590. The number of benzene rings is 1. The SMILES string of the molecule is CCNS(=O)(=O)c1cc(Br)ccc1OCC. The van der Waals surface area contributed by atoms with E-state index in [0.717, 1.165) is 0 Å². The Balaban J connectivity index is 3.24. The van der Waals surface area contributed by atoms with Crippen LogP contribution in [-0.4, -0.2) is 21.6 Å². The summed E-state index contributed by atoms with van der Waals surface area (Å²) in [6.07, 6.45) is 0. The Morgan fingerprint density at radius 2 is 2.06 bits per heavy atom. The van der Waals surface area contributed by atoms with Gasteiger partial charge in [0.2, 0.25) is 10.0 Å². The highest BCUT2D eigenvalue weighted by molar-refractivity contribution is 9.10. The molecule has 0 aliphatic heterocycles. The van der Waals surface area contributed by atoms with E-state index < -0.39 is 10.0 Å². The fourth-order valence-corrected chi connectivity index (χ4v) is 2.96. The second kappa shape index (κ2) is 5.65. The molecule has 0 amide bonds. The molecule has 0 radical (unpaired) electrons. The summed E-state index contributed by atoms with van der Waals surface area (Å²) in [5.74, 6) is 0.367. The lowest BCUT2D eigenvalue weighted by Crippen LogP contribution is -2.23. The zero-order valence-electron chi connectivity index (χ0n) is 9.16. The molecule has 1 aromatic carbocycles. The van der Waals surface area contributed by atoms with Crippen LogP contribution in [0, 0.1) is 0 Å². The van der Waals surface area contributed by atoms with Crippen LogP contribution in [0.25, 0.3) is 0 Å². The van der Waals surface area contributed by atoms with Gasteiger partial charge in [0.1, 0.15) is 10.6 Å². The molecule has 0 saturated carbocycles. The molecule has 0 spiro atoms. The van der Waals surface area contributed by atoms with Crippen LogP contribution in [0.5, 0.6) is 5.75 Å². The van der Waals surface area contributed by atoms with Crippen LogP contribution in [-0.2, 0) is 10.0 Å². The molecule has 1 aromatic rings. The topological polar surface area (TPSA) is 55.4 Å². The second-order valence-electron chi connectivity index (χ2n) is 3.03. The quantitative estimate of drug-likeness (QED) is 0.907. The van der Waals surface area contributed by atoms with Crippen LogP contribution in [0.15, 0.2) is 27.6 Å². The van der Waals surface area contributed by atoms with Gasteiger partial charge in [-0.15, -0.1) is 0 Å². The normalized spacial score (nSPS) is 11.4. The molecule has 0 fully saturated rings. The van der Waals surface area contributed by atoms with Gasteiger partial charge in [-0.25, -0.2) is 13.1 Å². The van der Waals surface area contributed by atoms with E-state index in [1.807, 2.05) is 6.92 Å². The van der Waals surface area contributed by atoms with E-state index in [4.69, 9.17) is 4.74 Å². The summed E-state index contributed by atoms with van der Waals surface area (Å²) in [5.41, 5.74) is 0. The highest BCUT2D eigenvalue weighted by Crippen LogP contribution is 2.27. The number of hydrogen-bond acceptors (Lipinski definition) is 3. The number of sulfonamides is 1. The Bertz CT molecular complexity index is 459. The first-order valence-electron chi connectivity index (χ1n) is 4.93. The van der Waals surface area contributed by atoms with Crippen LogP contribution in [0.4, 0.5) is 0 Å². The minimum atomic E-state index is -3.49. The summed E-state index contributed by atoms with van der Waals surface area (Å²) in [7, 11) is -3.49. The minimum Gasteiger partial charge on any atom is -0.492 e. The minimum absolute atomic E-state index is 0.158. The van der Waals surface area contributed by atoms with Gasteiger partial charge in [-0.3, -0.25) is 0 Å². The molecule has 0 aliphatic carbocycles. The molecule has 0 heterocycles. The van der Waals surface area contributed by atoms with Gasteiger partial charge in [-0.1, -0.05) is 22.9 Å². The maximum Gasteiger partial charge on any atom is 0.244 e. The number of rotatable bonds is 5. The summed E-state index contributed by atoms with van der Waals surface area (Å²) >= 11 is 3.24. The van der Waals surface area contributed by atoms with Crippen molar-refractivity contribution in [2.24, 2.45) is 0 Å². The van der Waals surface area contributed by atoms with Crippen molar-refractivity contribution < 1.29 is 13.2 Å². The largest absolute Gasteiger partial charge is 0.492 e. The summed E-state index contributed by atoms with van der Waals surface area (Å²) in [6, 6.07) is 4.91. The average Bonchev–Trinajstić information content (AvgIpc) is 2.21. The van der Waals surface area contributed by atoms with Crippen LogP contribution >= 0.6 is 15.9 Å². The zero-order valence-corrected chi connectivity index (χ0v) is 11.6. The van der Waals surface area contributed by atoms with Crippen LogP contribution < -0.4 is 9.46 Å². The highest BCUT2D eigenvalue weighted by Gasteiger charge is 2.18. The summed E-state index contributed by atoms with van der Waals surface area (Å²) in [5, 5.41) is 0. The summed E-state index contributed by atoms with van der Waals surface area (Å²) in [4.78, 5) is 0.158. The molecule has 6 heteroatoms. The van der Waals surface area contributed by atoms with Crippen LogP contribution in [0.2, 0.25) is 0 Å². The van der Waals surface area contributed by atoms with E-state index in [2.05, 4.69) is 20.7 Å². The number of halogens is 1. The molecule has 0 bridgehead atoms. The first kappa shape index (κ1) is 13.5. The van der Waals surface area contributed by atoms with Crippen molar-refractivity contribution >= 4 is 26.0 Å². The second-order valence-corrected chi connectivity index (χ2v) is 5.68. The maximum atomic E-state index is 11.9. The standard InChI is InChI=1S/C10H14BrNO3S/c1-3-12-16(13,14)10-7-8(11)5-6-9(10)15-4-2/h5-7,12H,3-4H2,1-2H3. The van der Waals surface area contributed by atoms with Gasteiger partial charge < -0.3 is 4.74 Å². The molecule has 1 rings (SSSR count). The molecule has 90 valence electrons. The Kier molecular flexibility index (Phi) is 4.76. The Morgan fingerprint density at radius 3 is 2.62 bits per heavy atom. The van der Waals surface area contributed by atoms with Crippen molar-refractivity contribution in [1.29, 1.82) is 0 Å².